The van der Waals surface area contributed by atoms with Gasteiger partial charge in [0.25, 0.3) is 0 Å². The van der Waals surface area contributed by atoms with E-state index in [1.54, 1.807) is 24.3 Å². The van der Waals surface area contributed by atoms with Gasteiger partial charge in [0.1, 0.15) is 5.69 Å². The molecule has 1 N–H and O–H groups in total. The predicted molar refractivity (Wildman–Crippen MR) is 66.7 cm³/mol. The second-order valence-corrected chi connectivity index (χ2v) is 4.21. The van der Waals surface area contributed by atoms with Gasteiger partial charge in [-0.3, -0.25) is 0 Å². The van der Waals surface area contributed by atoms with E-state index >= 15 is 0 Å². The zero-order valence-corrected chi connectivity index (χ0v) is 10.0. The standard InChI is InChI=1S/C12H7Cl2NO2/c13-8-2-3-10(14)9(5-8)7-1-4-11(12(16)17)15-6-7/h1-6H,(H,16,17). The monoisotopic (exact) mass is 267 g/mol. The summed E-state index contributed by atoms with van der Waals surface area (Å²) < 4.78 is 0. The normalized spacial score (nSPS) is 10.2. The van der Waals surface area contributed by atoms with Crippen LogP contribution < -0.4 is 0 Å². The number of carbonyl (C=O) groups is 1. The Kier molecular flexibility index (Phi) is 3.31. The van der Waals surface area contributed by atoms with E-state index in [4.69, 9.17) is 28.3 Å². The molecule has 3 nitrogen and oxygen atoms in total. The third-order valence-corrected chi connectivity index (χ3v) is 2.79. The Bertz CT molecular complexity index is 567. The van der Waals surface area contributed by atoms with Gasteiger partial charge in [-0.2, -0.15) is 0 Å². The molecule has 0 bridgehead atoms. The average molecular weight is 268 g/mol. The molecule has 0 radical (unpaired) electrons. The molecule has 0 fully saturated rings. The molecule has 1 aromatic carbocycles. The first-order valence-corrected chi connectivity index (χ1v) is 5.48. The fraction of sp³-hybridized carbons (Fsp3) is 0. The summed E-state index contributed by atoms with van der Waals surface area (Å²) in [4.78, 5) is 14.5. The van der Waals surface area contributed by atoms with Crippen molar-refractivity contribution in [1.29, 1.82) is 0 Å². The van der Waals surface area contributed by atoms with Crippen LogP contribution in [0.15, 0.2) is 36.5 Å². The lowest BCUT2D eigenvalue weighted by Gasteiger charge is -2.05. The molecule has 0 unspecified atom stereocenters. The number of rotatable bonds is 2. The van der Waals surface area contributed by atoms with E-state index in [1.165, 1.54) is 12.3 Å². The highest BCUT2D eigenvalue weighted by Gasteiger charge is 2.07. The highest BCUT2D eigenvalue weighted by atomic mass is 35.5. The molecule has 0 saturated carbocycles. The number of benzene rings is 1. The number of hydrogen-bond donors (Lipinski definition) is 1. The first kappa shape index (κ1) is 11.9. The third-order valence-electron chi connectivity index (χ3n) is 2.22. The summed E-state index contributed by atoms with van der Waals surface area (Å²) in [6, 6.07) is 8.15. The molecule has 2 rings (SSSR count). The molecule has 0 aliphatic heterocycles. The van der Waals surface area contributed by atoms with Crippen molar-refractivity contribution in [2.75, 3.05) is 0 Å². The second kappa shape index (κ2) is 4.73. The second-order valence-electron chi connectivity index (χ2n) is 3.36. The minimum atomic E-state index is -1.06. The first-order chi connectivity index (χ1) is 8.08. The van der Waals surface area contributed by atoms with Crippen LogP contribution in [0.25, 0.3) is 11.1 Å². The van der Waals surface area contributed by atoms with E-state index < -0.39 is 5.97 Å². The first-order valence-electron chi connectivity index (χ1n) is 4.72. The number of aromatic nitrogens is 1. The molecule has 0 saturated heterocycles. The van der Waals surface area contributed by atoms with Gasteiger partial charge in [0.05, 0.1) is 0 Å². The molecular weight excluding hydrogens is 261 g/mol. The summed E-state index contributed by atoms with van der Waals surface area (Å²) in [5.41, 5.74) is 1.44. The summed E-state index contributed by atoms with van der Waals surface area (Å²) >= 11 is 11.9. The number of halogens is 2. The lowest BCUT2D eigenvalue weighted by atomic mass is 10.1. The van der Waals surface area contributed by atoms with Gasteiger partial charge in [-0.15, -0.1) is 0 Å². The van der Waals surface area contributed by atoms with E-state index in [0.29, 0.717) is 10.0 Å². The van der Waals surface area contributed by atoms with Crippen LogP contribution in [0, 0.1) is 0 Å². The van der Waals surface area contributed by atoms with Gasteiger partial charge in [0, 0.05) is 27.4 Å². The Balaban J connectivity index is 2.46. The van der Waals surface area contributed by atoms with Gasteiger partial charge in [-0.1, -0.05) is 29.3 Å². The maximum atomic E-state index is 10.7. The SMILES string of the molecule is O=C(O)c1ccc(-c2cc(Cl)ccc2Cl)cn1. The Morgan fingerprint density at radius 2 is 1.94 bits per heavy atom. The van der Waals surface area contributed by atoms with Crippen LogP contribution in [0.5, 0.6) is 0 Å². The van der Waals surface area contributed by atoms with E-state index in [1.807, 2.05) is 0 Å². The van der Waals surface area contributed by atoms with Crippen molar-refractivity contribution in [2.45, 2.75) is 0 Å². The summed E-state index contributed by atoms with van der Waals surface area (Å²) in [6.07, 6.45) is 1.46. The van der Waals surface area contributed by atoms with E-state index in [-0.39, 0.29) is 5.69 Å². The molecule has 0 aliphatic rings. The zero-order valence-electron chi connectivity index (χ0n) is 8.52. The van der Waals surface area contributed by atoms with Gasteiger partial charge in [0.2, 0.25) is 0 Å². The maximum absolute atomic E-state index is 10.7. The van der Waals surface area contributed by atoms with Crippen LogP contribution in [-0.2, 0) is 0 Å². The van der Waals surface area contributed by atoms with Crippen LogP contribution in [0.2, 0.25) is 10.0 Å². The largest absolute Gasteiger partial charge is 0.477 e. The smallest absolute Gasteiger partial charge is 0.354 e. The van der Waals surface area contributed by atoms with Crippen LogP contribution in [0.4, 0.5) is 0 Å². The van der Waals surface area contributed by atoms with Crippen LogP contribution in [-0.4, -0.2) is 16.1 Å². The van der Waals surface area contributed by atoms with Crippen molar-refractivity contribution in [3.05, 3.63) is 52.3 Å². The van der Waals surface area contributed by atoms with Crippen LogP contribution >= 0.6 is 23.2 Å². The van der Waals surface area contributed by atoms with Crippen molar-refractivity contribution in [2.24, 2.45) is 0 Å². The molecule has 86 valence electrons. The molecule has 2 aromatic rings. The van der Waals surface area contributed by atoms with Crippen molar-refractivity contribution < 1.29 is 9.90 Å². The molecule has 0 spiro atoms. The lowest BCUT2D eigenvalue weighted by Crippen LogP contribution is -1.99. The van der Waals surface area contributed by atoms with E-state index in [2.05, 4.69) is 4.98 Å². The number of hydrogen-bond acceptors (Lipinski definition) is 2. The summed E-state index contributed by atoms with van der Waals surface area (Å²) in [6.45, 7) is 0. The minimum Gasteiger partial charge on any atom is -0.477 e. The van der Waals surface area contributed by atoms with E-state index in [0.717, 1.165) is 11.1 Å². The highest BCUT2D eigenvalue weighted by molar-refractivity contribution is 6.35. The lowest BCUT2D eigenvalue weighted by molar-refractivity contribution is 0.0690. The van der Waals surface area contributed by atoms with Crippen molar-refractivity contribution in [1.82, 2.24) is 4.98 Å². The molecule has 1 heterocycles. The average Bonchev–Trinajstić information content (AvgIpc) is 2.32. The van der Waals surface area contributed by atoms with Crippen LogP contribution in [0.1, 0.15) is 10.5 Å². The fourth-order valence-corrected chi connectivity index (χ4v) is 1.80. The molecule has 5 heteroatoms. The summed E-state index contributed by atoms with van der Waals surface area (Å²) in [5, 5.41) is 9.84. The van der Waals surface area contributed by atoms with Gasteiger partial charge < -0.3 is 5.11 Å². The molecule has 0 atom stereocenters. The van der Waals surface area contributed by atoms with Crippen LogP contribution in [0.3, 0.4) is 0 Å². The molecule has 1 aromatic heterocycles. The molecular formula is C12H7Cl2NO2. The number of pyridine rings is 1. The molecule has 0 amide bonds. The van der Waals surface area contributed by atoms with E-state index in [9.17, 15) is 4.79 Å². The minimum absolute atomic E-state index is 0.00750. The molecule has 17 heavy (non-hydrogen) atoms. The number of nitrogens with zero attached hydrogens (tertiary/aromatic N) is 1. The predicted octanol–water partition coefficient (Wildman–Crippen LogP) is 3.75. The van der Waals surface area contributed by atoms with Crippen molar-refractivity contribution in [3.8, 4) is 11.1 Å². The fourth-order valence-electron chi connectivity index (χ4n) is 1.40. The topological polar surface area (TPSA) is 50.2 Å². The van der Waals surface area contributed by atoms with Gasteiger partial charge in [-0.25, -0.2) is 9.78 Å². The Morgan fingerprint density at radius 1 is 1.18 bits per heavy atom. The Morgan fingerprint density at radius 3 is 2.53 bits per heavy atom. The Labute approximate surface area is 108 Å². The zero-order chi connectivity index (χ0) is 12.4. The maximum Gasteiger partial charge on any atom is 0.354 e. The van der Waals surface area contributed by atoms with Crippen molar-refractivity contribution >= 4 is 29.2 Å². The van der Waals surface area contributed by atoms with Gasteiger partial charge in [0.15, 0.2) is 0 Å². The number of carboxylic acids is 1. The summed E-state index contributed by atoms with van der Waals surface area (Å²) in [5.74, 6) is -1.06. The number of aromatic carboxylic acids is 1. The van der Waals surface area contributed by atoms with Crippen molar-refractivity contribution in [3.63, 3.8) is 0 Å². The highest BCUT2D eigenvalue weighted by Crippen LogP contribution is 2.30. The van der Waals surface area contributed by atoms with Gasteiger partial charge in [-0.05, 0) is 24.3 Å². The quantitative estimate of drug-likeness (QED) is 0.902. The van der Waals surface area contributed by atoms with Gasteiger partial charge >= 0.3 is 5.97 Å². The number of carboxylic acid groups (broad SMARTS) is 1. The third kappa shape index (κ3) is 2.57. The molecule has 0 aliphatic carbocycles. The Hall–Kier alpha value is -1.58. The summed E-state index contributed by atoms with van der Waals surface area (Å²) in [7, 11) is 0.